The summed E-state index contributed by atoms with van der Waals surface area (Å²) in [6, 6.07) is 14.7. The number of carbonyl (C=O) groups is 1. The fourth-order valence-corrected chi connectivity index (χ4v) is 3.88. The van der Waals surface area contributed by atoms with E-state index in [0.717, 1.165) is 22.8 Å². The van der Waals surface area contributed by atoms with Crippen LogP contribution in [-0.4, -0.2) is 21.2 Å². The average Bonchev–Trinajstić information content (AvgIpc) is 3.05. The van der Waals surface area contributed by atoms with Gasteiger partial charge in [-0.25, -0.2) is 4.98 Å². The van der Waals surface area contributed by atoms with Crippen LogP contribution < -0.4 is 5.32 Å². The molecule has 0 aliphatic carbocycles. The van der Waals surface area contributed by atoms with Crippen LogP contribution in [0, 0.1) is 20.8 Å². The fourth-order valence-electron chi connectivity index (χ4n) is 3.09. The SMILES string of the molecule is Cc1cc(C)cc(CSCC(=O)NCc2ccc(-n3ccnc3C)cc2)c1. The van der Waals surface area contributed by atoms with E-state index >= 15 is 0 Å². The first-order valence-electron chi connectivity index (χ1n) is 9.02. The summed E-state index contributed by atoms with van der Waals surface area (Å²) < 4.78 is 2.03. The van der Waals surface area contributed by atoms with E-state index in [1.807, 2.05) is 42.0 Å². The molecule has 1 heterocycles. The van der Waals surface area contributed by atoms with E-state index in [2.05, 4.69) is 42.3 Å². The number of benzene rings is 2. The molecule has 0 radical (unpaired) electrons. The van der Waals surface area contributed by atoms with Crippen LogP contribution in [0.1, 0.15) is 28.1 Å². The Morgan fingerprint density at radius 1 is 1.04 bits per heavy atom. The molecular formula is C22H25N3OS. The predicted octanol–water partition coefficient (Wildman–Crippen LogP) is 4.35. The molecule has 0 bridgehead atoms. The predicted molar refractivity (Wildman–Crippen MR) is 112 cm³/mol. The quantitative estimate of drug-likeness (QED) is 0.664. The van der Waals surface area contributed by atoms with Crippen molar-refractivity contribution in [3.05, 3.63) is 82.9 Å². The Morgan fingerprint density at radius 2 is 1.74 bits per heavy atom. The van der Waals surface area contributed by atoms with Gasteiger partial charge < -0.3 is 9.88 Å². The number of hydrogen-bond acceptors (Lipinski definition) is 3. The highest BCUT2D eigenvalue weighted by molar-refractivity contribution is 7.99. The Kier molecular flexibility index (Phi) is 6.35. The van der Waals surface area contributed by atoms with Crippen LogP contribution in [0.15, 0.2) is 54.9 Å². The number of thioether (sulfide) groups is 1. The summed E-state index contributed by atoms with van der Waals surface area (Å²) in [5, 5.41) is 2.99. The van der Waals surface area contributed by atoms with Gasteiger partial charge in [-0.1, -0.05) is 41.5 Å². The molecule has 0 atom stereocenters. The Hall–Kier alpha value is -2.53. The van der Waals surface area contributed by atoms with Crippen molar-refractivity contribution in [3.8, 4) is 5.69 Å². The maximum Gasteiger partial charge on any atom is 0.230 e. The summed E-state index contributed by atoms with van der Waals surface area (Å²) in [5.41, 5.74) is 5.97. The molecule has 27 heavy (non-hydrogen) atoms. The smallest absolute Gasteiger partial charge is 0.230 e. The lowest BCUT2D eigenvalue weighted by Gasteiger charge is -2.08. The van der Waals surface area contributed by atoms with Crippen LogP contribution in [-0.2, 0) is 17.1 Å². The molecule has 0 aliphatic rings. The molecule has 4 nitrogen and oxygen atoms in total. The van der Waals surface area contributed by atoms with Gasteiger partial charge in [0.05, 0.1) is 5.75 Å². The first-order valence-corrected chi connectivity index (χ1v) is 10.2. The van der Waals surface area contributed by atoms with Crippen LogP contribution in [0.25, 0.3) is 5.69 Å². The van der Waals surface area contributed by atoms with Crippen molar-refractivity contribution in [3.63, 3.8) is 0 Å². The lowest BCUT2D eigenvalue weighted by molar-refractivity contribution is -0.118. The standard InChI is InChI=1S/C22H25N3OS/c1-16-10-17(2)12-20(11-16)14-27-15-22(26)24-13-19-4-6-21(7-5-19)25-9-8-23-18(25)3/h4-12H,13-15H2,1-3H3,(H,24,26). The van der Waals surface area contributed by atoms with Gasteiger partial charge in [-0.15, -0.1) is 11.8 Å². The molecule has 5 heteroatoms. The topological polar surface area (TPSA) is 46.9 Å². The highest BCUT2D eigenvalue weighted by Gasteiger charge is 2.04. The maximum absolute atomic E-state index is 12.1. The van der Waals surface area contributed by atoms with Crippen LogP contribution in [0.3, 0.4) is 0 Å². The third-order valence-electron chi connectivity index (χ3n) is 4.31. The van der Waals surface area contributed by atoms with Gasteiger partial charge >= 0.3 is 0 Å². The first kappa shape index (κ1) is 19.2. The van der Waals surface area contributed by atoms with Gasteiger partial charge in [0.15, 0.2) is 0 Å². The van der Waals surface area contributed by atoms with E-state index < -0.39 is 0 Å². The van der Waals surface area contributed by atoms with E-state index in [-0.39, 0.29) is 5.91 Å². The normalized spacial score (nSPS) is 10.8. The van der Waals surface area contributed by atoms with Gasteiger partial charge in [0.25, 0.3) is 0 Å². The average molecular weight is 380 g/mol. The van der Waals surface area contributed by atoms with E-state index in [1.54, 1.807) is 18.0 Å². The van der Waals surface area contributed by atoms with E-state index in [0.29, 0.717) is 12.3 Å². The maximum atomic E-state index is 12.1. The van der Waals surface area contributed by atoms with Crippen molar-refractivity contribution in [1.29, 1.82) is 0 Å². The summed E-state index contributed by atoms with van der Waals surface area (Å²) >= 11 is 1.65. The second-order valence-corrected chi connectivity index (χ2v) is 7.76. The van der Waals surface area contributed by atoms with Crippen molar-refractivity contribution in [2.45, 2.75) is 33.1 Å². The van der Waals surface area contributed by atoms with E-state index in [4.69, 9.17) is 0 Å². The summed E-state index contributed by atoms with van der Waals surface area (Å²) in [7, 11) is 0. The molecule has 0 saturated carbocycles. The molecule has 0 fully saturated rings. The second-order valence-electron chi connectivity index (χ2n) is 6.78. The van der Waals surface area contributed by atoms with Crippen LogP contribution >= 0.6 is 11.8 Å². The van der Waals surface area contributed by atoms with Gasteiger partial charge in [-0.05, 0) is 44.0 Å². The summed E-state index contributed by atoms with van der Waals surface area (Å²) in [4.78, 5) is 16.3. The van der Waals surface area contributed by atoms with Crippen molar-refractivity contribution < 1.29 is 4.79 Å². The number of hydrogen-bond donors (Lipinski definition) is 1. The molecule has 140 valence electrons. The molecule has 2 aromatic carbocycles. The van der Waals surface area contributed by atoms with E-state index in [1.165, 1.54) is 16.7 Å². The molecule has 3 rings (SSSR count). The number of nitrogens with zero attached hydrogens (tertiary/aromatic N) is 2. The fraction of sp³-hybridized carbons (Fsp3) is 0.273. The van der Waals surface area contributed by atoms with Gasteiger partial charge in [-0.2, -0.15) is 0 Å². The summed E-state index contributed by atoms with van der Waals surface area (Å²) in [6.07, 6.45) is 3.73. The molecule has 0 unspecified atom stereocenters. The third kappa shape index (κ3) is 5.47. The summed E-state index contributed by atoms with van der Waals surface area (Å²) in [5.74, 6) is 2.35. The highest BCUT2D eigenvalue weighted by atomic mass is 32.2. The largest absolute Gasteiger partial charge is 0.351 e. The highest BCUT2D eigenvalue weighted by Crippen LogP contribution is 2.16. The number of rotatable bonds is 7. The number of aromatic nitrogens is 2. The Bertz CT molecular complexity index is 895. The van der Waals surface area contributed by atoms with Crippen LogP contribution in [0.2, 0.25) is 0 Å². The van der Waals surface area contributed by atoms with E-state index in [9.17, 15) is 4.79 Å². The minimum absolute atomic E-state index is 0.0684. The van der Waals surface area contributed by atoms with Gasteiger partial charge in [0.1, 0.15) is 5.82 Å². The zero-order valence-electron chi connectivity index (χ0n) is 16.0. The third-order valence-corrected chi connectivity index (χ3v) is 5.32. The van der Waals surface area contributed by atoms with Crippen molar-refractivity contribution in [2.75, 3.05) is 5.75 Å². The Labute approximate surface area is 165 Å². The molecular weight excluding hydrogens is 354 g/mol. The number of imidazole rings is 1. The molecule has 1 aromatic heterocycles. The van der Waals surface area contributed by atoms with Crippen molar-refractivity contribution in [2.24, 2.45) is 0 Å². The number of carbonyl (C=O) groups excluding carboxylic acids is 1. The Balaban J connectivity index is 1.44. The van der Waals surface area contributed by atoms with Crippen LogP contribution in [0.4, 0.5) is 0 Å². The number of amides is 1. The lowest BCUT2D eigenvalue weighted by Crippen LogP contribution is -2.24. The molecule has 1 amide bonds. The first-order chi connectivity index (χ1) is 13.0. The molecule has 0 aliphatic heterocycles. The minimum atomic E-state index is 0.0684. The molecule has 0 saturated heterocycles. The zero-order valence-corrected chi connectivity index (χ0v) is 16.8. The van der Waals surface area contributed by atoms with Crippen molar-refractivity contribution in [1.82, 2.24) is 14.9 Å². The minimum Gasteiger partial charge on any atom is -0.351 e. The number of nitrogens with one attached hydrogen (secondary N) is 1. The van der Waals surface area contributed by atoms with Gasteiger partial charge in [-0.3, -0.25) is 4.79 Å². The second kappa shape index (κ2) is 8.91. The lowest BCUT2D eigenvalue weighted by atomic mass is 10.1. The Morgan fingerprint density at radius 3 is 2.37 bits per heavy atom. The molecule has 3 aromatic rings. The molecule has 0 spiro atoms. The molecule has 1 N–H and O–H groups in total. The van der Waals surface area contributed by atoms with Gasteiger partial charge in [0.2, 0.25) is 5.91 Å². The van der Waals surface area contributed by atoms with Crippen LogP contribution in [0.5, 0.6) is 0 Å². The number of aryl methyl sites for hydroxylation is 3. The summed E-state index contributed by atoms with van der Waals surface area (Å²) in [6.45, 7) is 6.73. The monoisotopic (exact) mass is 379 g/mol. The van der Waals surface area contributed by atoms with Gasteiger partial charge in [0, 0.05) is 30.4 Å². The zero-order chi connectivity index (χ0) is 19.2. The van der Waals surface area contributed by atoms with Crippen molar-refractivity contribution >= 4 is 17.7 Å².